The molecule has 0 spiro atoms. The molecule has 0 saturated carbocycles. The number of nitrogens with zero attached hydrogens (tertiary/aromatic N) is 1. The van der Waals surface area contributed by atoms with Gasteiger partial charge in [0.15, 0.2) is 0 Å². The largest absolute Gasteiger partial charge is 0.352 e. The van der Waals surface area contributed by atoms with E-state index in [0.29, 0.717) is 31.5 Å². The Morgan fingerprint density at radius 3 is 2.33 bits per heavy atom. The smallest absolute Gasteiger partial charge is 0.252 e. The Morgan fingerprint density at radius 2 is 1.78 bits per heavy atom. The summed E-state index contributed by atoms with van der Waals surface area (Å²) in [5, 5.41) is 5.96. The molecule has 1 aromatic rings. The predicted octanol–water partition coefficient (Wildman–Crippen LogP) is 2.27. The third kappa shape index (κ3) is 5.55. The van der Waals surface area contributed by atoms with Crippen LogP contribution < -0.4 is 10.6 Å². The molecule has 2 unspecified atom stereocenters. The van der Waals surface area contributed by atoms with Crippen molar-refractivity contribution in [1.29, 1.82) is 0 Å². The standard InChI is InChI=1S/C21H31N3O3/c1-5-15(3)22-21(27)19(17-10-12-24(13-11-17)16(4)25)23-20(26)18-9-7-6-8-14(18)2/h6-9,15,17,19H,5,10-13H2,1-4H3,(H,22,27)(H,23,26). The van der Waals surface area contributed by atoms with Crippen molar-refractivity contribution in [2.24, 2.45) is 5.92 Å². The van der Waals surface area contributed by atoms with Gasteiger partial charge in [-0.25, -0.2) is 0 Å². The van der Waals surface area contributed by atoms with Gasteiger partial charge in [0.25, 0.3) is 5.91 Å². The number of nitrogens with one attached hydrogen (secondary N) is 2. The topological polar surface area (TPSA) is 78.5 Å². The lowest BCUT2D eigenvalue weighted by atomic mass is 9.88. The maximum atomic E-state index is 12.9. The maximum Gasteiger partial charge on any atom is 0.252 e. The summed E-state index contributed by atoms with van der Waals surface area (Å²) < 4.78 is 0. The lowest BCUT2D eigenvalue weighted by Crippen LogP contribution is -2.55. The third-order valence-corrected chi connectivity index (χ3v) is 5.42. The lowest BCUT2D eigenvalue weighted by molar-refractivity contribution is -0.130. The molecule has 1 aliphatic rings. The van der Waals surface area contributed by atoms with E-state index in [2.05, 4.69) is 10.6 Å². The Labute approximate surface area is 161 Å². The van der Waals surface area contributed by atoms with Crippen molar-refractivity contribution in [3.63, 3.8) is 0 Å². The van der Waals surface area contributed by atoms with Crippen molar-refractivity contribution in [3.05, 3.63) is 35.4 Å². The number of aryl methyl sites for hydroxylation is 1. The molecule has 3 amide bonds. The first-order chi connectivity index (χ1) is 12.8. The Hall–Kier alpha value is -2.37. The molecule has 148 valence electrons. The number of hydrogen-bond acceptors (Lipinski definition) is 3. The van der Waals surface area contributed by atoms with E-state index < -0.39 is 6.04 Å². The molecule has 1 aromatic carbocycles. The molecule has 0 radical (unpaired) electrons. The maximum absolute atomic E-state index is 12.9. The van der Waals surface area contributed by atoms with Crippen molar-refractivity contribution in [3.8, 4) is 0 Å². The van der Waals surface area contributed by atoms with Crippen molar-refractivity contribution in [1.82, 2.24) is 15.5 Å². The minimum absolute atomic E-state index is 0.0117. The van der Waals surface area contributed by atoms with Gasteiger partial charge >= 0.3 is 0 Å². The highest BCUT2D eigenvalue weighted by Gasteiger charge is 2.34. The zero-order valence-electron chi connectivity index (χ0n) is 16.7. The molecule has 1 heterocycles. The molecular weight excluding hydrogens is 342 g/mol. The van der Waals surface area contributed by atoms with Crippen LogP contribution in [0.1, 0.15) is 56.0 Å². The van der Waals surface area contributed by atoms with Crippen molar-refractivity contribution >= 4 is 17.7 Å². The van der Waals surface area contributed by atoms with E-state index in [1.807, 2.05) is 39.0 Å². The quantitative estimate of drug-likeness (QED) is 0.803. The van der Waals surface area contributed by atoms with Gasteiger partial charge in [-0.1, -0.05) is 25.1 Å². The molecule has 0 aliphatic carbocycles. The zero-order valence-corrected chi connectivity index (χ0v) is 16.7. The van der Waals surface area contributed by atoms with E-state index in [-0.39, 0.29) is 29.7 Å². The van der Waals surface area contributed by atoms with Crippen LogP contribution in [0.15, 0.2) is 24.3 Å². The molecule has 1 fully saturated rings. The van der Waals surface area contributed by atoms with Gasteiger partial charge < -0.3 is 15.5 Å². The minimum Gasteiger partial charge on any atom is -0.352 e. The van der Waals surface area contributed by atoms with Crippen LogP contribution in [0.2, 0.25) is 0 Å². The van der Waals surface area contributed by atoms with E-state index in [4.69, 9.17) is 0 Å². The summed E-state index contributed by atoms with van der Waals surface area (Å²) in [6, 6.07) is 6.81. The first-order valence-electron chi connectivity index (χ1n) is 9.75. The Morgan fingerprint density at radius 1 is 1.15 bits per heavy atom. The summed E-state index contributed by atoms with van der Waals surface area (Å²) in [7, 11) is 0. The van der Waals surface area contributed by atoms with E-state index in [9.17, 15) is 14.4 Å². The van der Waals surface area contributed by atoms with Gasteiger partial charge in [0.1, 0.15) is 6.04 Å². The molecule has 0 bridgehead atoms. The van der Waals surface area contributed by atoms with Crippen LogP contribution in [-0.2, 0) is 9.59 Å². The van der Waals surface area contributed by atoms with Gasteiger partial charge in [0.05, 0.1) is 0 Å². The molecule has 2 N–H and O–H groups in total. The number of amides is 3. The summed E-state index contributed by atoms with van der Waals surface area (Å²) >= 11 is 0. The zero-order chi connectivity index (χ0) is 20.0. The van der Waals surface area contributed by atoms with Gasteiger partial charge in [0, 0.05) is 31.6 Å². The predicted molar refractivity (Wildman–Crippen MR) is 105 cm³/mol. The molecule has 6 nitrogen and oxygen atoms in total. The number of rotatable bonds is 6. The van der Waals surface area contributed by atoms with Gasteiger partial charge in [-0.2, -0.15) is 0 Å². The molecule has 27 heavy (non-hydrogen) atoms. The van der Waals surface area contributed by atoms with Crippen molar-refractivity contribution in [2.45, 2.75) is 59.0 Å². The first-order valence-corrected chi connectivity index (χ1v) is 9.75. The van der Waals surface area contributed by atoms with Crippen LogP contribution >= 0.6 is 0 Å². The highest BCUT2D eigenvalue weighted by molar-refractivity contribution is 5.98. The van der Waals surface area contributed by atoms with Crippen LogP contribution in [0, 0.1) is 12.8 Å². The fourth-order valence-corrected chi connectivity index (χ4v) is 3.43. The second-order valence-electron chi connectivity index (χ2n) is 7.43. The third-order valence-electron chi connectivity index (χ3n) is 5.42. The highest BCUT2D eigenvalue weighted by Crippen LogP contribution is 2.22. The van der Waals surface area contributed by atoms with Crippen molar-refractivity contribution < 1.29 is 14.4 Å². The number of likely N-dealkylation sites (tertiary alicyclic amines) is 1. The van der Waals surface area contributed by atoms with Crippen LogP contribution in [-0.4, -0.2) is 47.8 Å². The average Bonchev–Trinajstić information content (AvgIpc) is 2.66. The Bertz CT molecular complexity index is 681. The minimum atomic E-state index is -0.597. The number of hydrogen-bond donors (Lipinski definition) is 2. The number of benzene rings is 1. The van der Waals surface area contributed by atoms with Gasteiger partial charge in [-0.3, -0.25) is 14.4 Å². The van der Waals surface area contributed by atoms with Crippen LogP contribution in [0.5, 0.6) is 0 Å². The molecule has 1 aliphatic heterocycles. The van der Waals surface area contributed by atoms with Crippen LogP contribution in [0.25, 0.3) is 0 Å². The molecule has 0 aromatic heterocycles. The van der Waals surface area contributed by atoms with Gasteiger partial charge in [-0.15, -0.1) is 0 Å². The van der Waals surface area contributed by atoms with Crippen LogP contribution in [0.4, 0.5) is 0 Å². The average molecular weight is 373 g/mol. The molecule has 2 atom stereocenters. The summed E-state index contributed by atoms with van der Waals surface area (Å²) in [4.78, 5) is 39.0. The SMILES string of the molecule is CCC(C)NC(=O)C(NC(=O)c1ccccc1C)C1CCN(C(C)=O)CC1. The van der Waals surface area contributed by atoms with E-state index >= 15 is 0 Å². The van der Waals surface area contributed by atoms with E-state index in [1.165, 1.54) is 0 Å². The first kappa shape index (κ1) is 20.9. The normalized spacial score (nSPS) is 17.1. The summed E-state index contributed by atoms with van der Waals surface area (Å²) in [5.41, 5.74) is 1.46. The summed E-state index contributed by atoms with van der Waals surface area (Å²) in [5.74, 6) is -0.311. The van der Waals surface area contributed by atoms with E-state index in [1.54, 1.807) is 17.9 Å². The number of piperidine rings is 1. The summed E-state index contributed by atoms with van der Waals surface area (Å²) in [6.45, 7) is 8.65. The lowest BCUT2D eigenvalue weighted by Gasteiger charge is -2.35. The monoisotopic (exact) mass is 373 g/mol. The number of carbonyl (C=O) groups is 3. The second kappa shape index (κ2) is 9.53. The Kier molecular flexibility index (Phi) is 7.39. The Balaban J connectivity index is 2.15. The van der Waals surface area contributed by atoms with Crippen molar-refractivity contribution in [2.75, 3.05) is 13.1 Å². The molecular formula is C21H31N3O3. The molecule has 2 rings (SSSR count). The second-order valence-corrected chi connectivity index (χ2v) is 7.43. The fourth-order valence-electron chi connectivity index (χ4n) is 3.43. The summed E-state index contributed by atoms with van der Waals surface area (Å²) in [6.07, 6.45) is 2.23. The fraction of sp³-hybridized carbons (Fsp3) is 0.571. The van der Waals surface area contributed by atoms with E-state index in [0.717, 1.165) is 12.0 Å². The highest BCUT2D eigenvalue weighted by atomic mass is 16.2. The number of carbonyl (C=O) groups excluding carboxylic acids is 3. The molecule has 1 saturated heterocycles. The molecule has 6 heteroatoms. The van der Waals surface area contributed by atoms with Crippen LogP contribution in [0.3, 0.4) is 0 Å². The van der Waals surface area contributed by atoms with Gasteiger partial charge in [0.2, 0.25) is 11.8 Å². The van der Waals surface area contributed by atoms with Gasteiger partial charge in [-0.05, 0) is 50.7 Å².